The lowest BCUT2D eigenvalue weighted by molar-refractivity contribution is -0.151. The number of hydrogen-bond donors (Lipinski definition) is 0. The van der Waals surface area contributed by atoms with Crippen LogP contribution in [-0.2, 0) is 14.3 Å². The highest BCUT2D eigenvalue weighted by Gasteiger charge is 2.32. The number of esters is 1. The second kappa shape index (κ2) is 9.61. The summed E-state index contributed by atoms with van der Waals surface area (Å²) in [5, 5.41) is 0. The van der Waals surface area contributed by atoms with Crippen LogP contribution in [0.4, 0.5) is 4.79 Å². The van der Waals surface area contributed by atoms with Crippen molar-refractivity contribution in [2.24, 2.45) is 11.8 Å². The maximum atomic E-state index is 12.1. The number of amides is 1. The molecule has 0 N–H and O–H groups in total. The zero-order valence-corrected chi connectivity index (χ0v) is 13.6. The summed E-state index contributed by atoms with van der Waals surface area (Å²) in [6, 6.07) is -0.608. The predicted octanol–water partition coefficient (Wildman–Crippen LogP) is 3.08. The van der Waals surface area contributed by atoms with Crippen LogP contribution < -0.4 is 0 Å². The Balaban J connectivity index is 4.56. The molecule has 0 saturated heterocycles. The van der Waals surface area contributed by atoms with Gasteiger partial charge in [-0.1, -0.05) is 41.0 Å². The van der Waals surface area contributed by atoms with Crippen LogP contribution in [0, 0.1) is 11.8 Å². The van der Waals surface area contributed by atoms with E-state index < -0.39 is 12.1 Å². The molecule has 0 spiro atoms. The standard InChI is InChI=1S/C15H29NO4/c1-7-8-9-19-15(18)16(6)13(12(4)5)14(17)20-10-11(2)3/h11-13H,7-10H2,1-6H3. The van der Waals surface area contributed by atoms with Crippen molar-refractivity contribution in [3.63, 3.8) is 0 Å². The fraction of sp³-hybridized carbons (Fsp3) is 0.867. The van der Waals surface area contributed by atoms with E-state index in [2.05, 4.69) is 0 Å². The Bertz CT molecular complexity index is 302. The van der Waals surface area contributed by atoms with E-state index in [-0.39, 0.29) is 17.8 Å². The van der Waals surface area contributed by atoms with Gasteiger partial charge in [0.05, 0.1) is 13.2 Å². The summed E-state index contributed by atoms with van der Waals surface area (Å²) < 4.78 is 10.4. The lowest BCUT2D eigenvalue weighted by atomic mass is 10.0. The van der Waals surface area contributed by atoms with Crippen LogP contribution in [0.2, 0.25) is 0 Å². The fourth-order valence-electron chi connectivity index (χ4n) is 1.73. The summed E-state index contributed by atoms with van der Waals surface area (Å²) in [6.45, 7) is 10.5. The Hall–Kier alpha value is -1.26. The van der Waals surface area contributed by atoms with Gasteiger partial charge in [0, 0.05) is 7.05 Å². The van der Waals surface area contributed by atoms with Crippen LogP contribution in [0.1, 0.15) is 47.5 Å². The molecule has 5 heteroatoms. The first kappa shape index (κ1) is 18.7. The fourth-order valence-corrected chi connectivity index (χ4v) is 1.73. The maximum absolute atomic E-state index is 12.1. The van der Waals surface area contributed by atoms with Crippen LogP contribution in [0.25, 0.3) is 0 Å². The van der Waals surface area contributed by atoms with Gasteiger partial charge in [0.25, 0.3) is 0 Å². The van der Waals surface area contributed by atoms with Crippen molar-refractivity contribution in [2.75, 3.05) is 20.3 Å². The zero-order valence-electron chi connectivity index (χ0n) is 13.6. The third kappa shape index (κ3) is 6.78. The molecule has 0 bridgehead atoms. The molecule has 0 aromatic heterocycles. The van der Waals surface area contributed by atoms with Gasteiger partial charge in [0.1, 0.15) is 6.04 Å². The molecule has 1 unspecified atom stereocenters. The minimum Gasteiger partial charge on any atom is -0.464 e. The zero-order chi connectivity index (χ0) is 15.7. The third-order valence-corrected chi connectivity index (χ3v) is 2.86. The minimum absolute atomic E-state index is 0.0293. The molecule has 0 aliphatic heterocycles. The molecule has 0 aromatic carbocycles. The molecule has 0 saturated carbocycles. The van der Waals surface area contributed by atoms with Crippen molar-refractivity contribution < 1.29 is 19.1 Å². The molecule has 1 amide bonds. The highest BCUT2D eigenvalue weighted by atomic mass is 16.6. The third-order valence-electron chi connectivity index (χ3n) is 2.86. The van der Waals surface area contributed by atoms with Gasteiger partial charge < -0.3 is 9.47 Å². The van der Waals surface area contributed by atoms with Crippen molar-refractivity contribution in [1.82, 2.24) is 4.90 Å². The van der Waals surface area contributed by atoms with Crippen LogP contribution >= 0.6 is 0 Å². The van der Waals surface area contributed by atoms with E-state index in [9.17, 15) is 9.59 Å². The topological polar surface area (TPSA) is 55.8 Å². The number of ether oxygens (including phenoxy) is 2. The monoisotopic (exact) mass is 287 g/mol. The highest BCUT2D eigenvalue weighted by molar-refractivity contribution is 5.81. The molecule has 118 valence electrons. The van der Waals surface area contributed by atoms with E-state index in [1.165, 1.54) is 4.90 Å². The van der Waals surface area contributed by atoms with E-state index >= 15 is 0 Å². The predicted molar refractivity (Wildman–Crippen MR) is 78.4 cm³/mol. The number of carbonyl (C=O) groups excluding carboxylic acids is 2. The molecular weight excluding hydrogens is 258 g/mol. The van der Waals surface area contributed by atoms with Gasteiger partial charge in [0.15, 0.2) is 0 Å². The number of likely N-dealkylation sites (N-methyl/N-ethyl adjacent to an activating group) is 1. The number of hydrogen-bond acceptors (Lipinski definition) is 4. The van der Waals surface area contributed by atoms with E-state index in [4.69, 9.17) is 9.47 Å². The van der Waals surface area contributed by atoms with Gasteiger partial charge in [-0.05, 0) is 18.3 Å². The summed E-state index contributed by atoms with van der Waals surface area (Å²) in [7, 11) is 1.58. The number of unbranched alkanes of at least 4 members (excludes halogenated alkanes) is 1. The smallest absolute Gasteiger partial charge is 0.410 e. The first-order valence-corrected chi connectivity index (χ1v) is 7.37. The maximum Gasteiger partial charge on any atom is 0.410 e. The Kier molecular flexibility index (Phi) is 9.01. The highest BCUT2D eigenvalue weighted by Crippen LogP contribution is 2.13. The average Bonchev–Trinajstić information content (AvgIpc) is 2.36. The van der Waals surface area contributed by atoms with Crippen LogP contribution in [0.3, 0.4) is 0 Å². The lowest BCUT2D eigenvalue weighted by Gasteiger charge is -2.28. The van der Waals surface area contributed by atoms with Crippen LogP contribution in [-0.4, -0.2) is 43.3 Å². The summed E-state index contributed by atoms with van der Waals surface area (Å²) in [4.78, 5) is 25.3. The van der Waals surface area contributed by atoms with Gasteiger partial charge in [-0.2, -0.15) is 0 Å². The SMILES string of the molecule is CCCCOC(=O)N(C)C(C(=O)OCC(C)C)C(C)C. The van der Waals surface area contributed by atoms with Gasteiger partial charge in [0.2, 0.25) is 0 Å². The molecular formula is C15H29NO4. The molecule has 20 heavy (non-hydrogen) atoms. The second-order valence-electron chi connectivity index (χ2n) is 5.79. The van der Waals surface area contributed by atoms with Crippen molar-refractivity contribution in [3.8, 4) is 0 Å². The first-order chi connectivity index (χ1) is 9.31. The molecule has 5 nitrogen and oxygen atoms in total. The number of rotatable bonds is 8. The molecule has 0 heterocycles. The Morgan fingerprint density at radius 1 is 1.10 bits per heavy atom. The summed E-state index contributed by atoms with van der Waals surface area (Å²) in [5.74, 6) is -0.129. The van der Waals surface area contributed by atoms with E-state index in [1.54, 1.807) is 7.05 Å². The molecule has 0 radical (unpaired) electrons. The van der Waals surface area contributed by atoms with Crippen LogP contribution in [0.15, 0.2) is 0 Å². The number of nitrogens with zero attached hydrogens (tertiary/aromatic N) is 1. The van der Waals surface area contributed by atoms with Crippen molar-refractivity contribution >= 4 is 12.1 Å². The largest absolute Gasteiger partial charge is 0.464 e. The Labute approximate surface area is 122 Å². The van der Waals surface area contributed by atoms with Crippen molar-refractivity contribution in [1.29, 1.82) is 0 Å². The van der Waals surface area contributed by atoms with E-state index in [0.717, 1.165) is 12.8 Å². The molecule has 0 aliphatic rings. The Morgan fingerprint density at radius 3 is 2.15 bits per heavy atom. The Morgan fingerprint density at radius 2 is 1.70 bits per heavy atom. The lowest BCUT2D eigenvalue weighted by Crippen LogP contribution is -2.47. The molecule has 0 rings (SSSR count). The van der Waals surface area contributed by atoms with Crippen molar-refractivity contribution in [2.45, 2.75) is 53.5 Å². The van der Waals surface area contributed by atoms with Crippen LogP contribution in [0.5, 0.6) is 0 Å². The molecule has 1 atom stereocenters. The van der Waals surface area contributed by atoms with Gasteiger partial charge in [-0.25, -0.2) is 9.59 Å². The second-order valence-corrected chi connectivity index (χ2v) is 5.79. The quantitative estimate of drug-likeness (QED) is 0.508. The molecule has 0 aliphatic carbocycles. The molecule has 0 fully saturated rings. The molecule has 0 aromatic rings. The summed E-state index contributed by atoms with van der Waals surface area (Å²) >= 11 is 0. The van der Waals surface area contributed by atoms with Crippen molar-refractivity contribution in [3.05, 3.63) is 0 Å². The average molecular weight is 287 g/mol. The summed E-state index contributed by atoms with van der Waals surface area (Å²) in [6.07, 6.45) is 1.31. The van der Waals surface area contributed by atoms with Gasteiger partial charge >= 0.3 is 12.1 Å². The van der Waals surface area contributed by atoms with E-state index in [1.807, 2.05) is 34.6 Å². The number of carbonyl (C=O) groups is 2. The van der Waals surface area contributed by atoms with E-state index in [0.29, 0.717) is 13.2 Å². The van der Waals surface area contributed by atoms with Gasteiger partial charge in [-0.15, -0.1) is 0 Å². The normalized spacial score (nSPS) is 12.4. The van der Waals surface area contributed by atoms with Gasteiger partial charge in [-0.3, -0.25) is 4.90 Å². The minimum atomic E-state index is -0.608. The first-order valence-electron chi connectivity index (χ1n) is 7.37. The summed E-state index contributed by atoms with van der Waals surface area (Å²) in [5.41, 5.74) is 0.